The van der Waals surface area contributed by atoms with Crippen molar-refractivity contribution in [3.63, 3.8) is 0 Å². The van der Waals surface area contributed by atoms with Crippen LogP contribution in [0.15, 0.2) is 24.3 Å². The summed E-state index contributed by atoms with van der Waals surface area (Å²) < 4.78 is 14.0. The molecule has 19 heavy (non-hydrogen) atoms. The first-order chi connectivity index (χ1) is 9.13. The number of hydrogen-bond donors (Lipinski definition) is 2. The Morgan fingerprint density at radius 3 is 2.84 bits per heavy atom. The summed E-state index contributed by atoms with van der Waals surface area (Å²) in [6.45, 7) is 3.52. The first-order valence-electron chi connectivity index (χ1n) is 6.64. The molecule has 104 valence electrons. The zero-order chi connectivity index (χ0) is 13.8. The average molecular weight is 265 g/mol. The van der Waals surface area contributed by atoms with Crippen molar-refractivity contribution in [3.05, 3.63) is 35.6 Å². The summed E-state index contributed by atoms with van der Waals surface area (Å²) in [6, 6.07) is 6.21. The maximum atomic E-state index is 14.0. The zero-order valence-corrected chi connectivity index (χ0v) is 11.1. The van der Waals surface area contributed by atoms with Gasteiger partial charge in [0.1, 0.15) is 5.82 Å². The maximum Gasteiger partial charge on any atom is 0.234 e. The number of halogens is 1. The molecular formula is C14H20FN3O. The van der Waals surface area contributed by atoms with E-state index in [1.807, 2.05) is 11.8 Å². The molecule has 1 aliphatic rings. The van der Waals surface area contributed by atoms with Crippen molar-refractivity contribution in [3.8, 4) is 0 Å². The summed E-state index contributed by atoms with van der Waals surface area (Å²) in [7, 11) is 0. The van der Waals surface area contributed by atoms with Crippen LogP contribution in [-0.2, 0) is 4.79 Å². The second-order valence-electron chi connectivity index (χ2n) is 4.86. The number of nitrogens with one attached hydrogen (secondary N) is 1. The summed E-state index contributed by atoms with van der Waals surface area (Å²) in [5.74, 6) is -0.293. The highest BCUT2D eigenvalue weighted by Crippen LogP contribution is 2.27. The van der Waals surface area contributed by atoms with E-state index < -0.39 is 0 Å². The van der Waals surface area contributed by atoms with Gasteiger partial charge in [0.05, 0.1) is 12.6 Å². The highest BCUT2D eigenvalue weighted by molar-refractivity contribution is 5.78. The van der Waals surface area contributed by atoms with Crippen molar-refractivity contribution >= 4 is 5.91 Å². The minimum Gasteiger partial charge on any atom is -0.354 e. The number of nitrogens with two attached hydrogens (primary N) is 1. The van der Waals surface area contributed by atoms with Crippen molar-refractivity contribution in [2.45, 2.75) is 25.4 Å². The minimum atomic E-state index is -0.262. The zero-order valence-electron chi connectivity index (χ0n) is 11.1. The number of piperazine rings is 1. The highest BCUT2D eigenvalue weighted by Gasteiger charge is 2.30. The molecule has 1 fully saturated rings. The van der Waals surface area contributed by atoms with Crippen LogP contribution in [0.25, 0.3) is 0 Å². The molecule has 4 nitrogen and oxygen atoms in total. The Kier molecular flexibility index (Phi) is 4.50. The predicted octanol–water partition coefficient (Wildman–Crippen LogP) is 1.04. The molecule has 0 bridgehead atoms. The second-order valence-corrected chi connectivity index (χ2v) is 4.86. The smallest absolute Gasteiger partial charge is 0.234 e. The molecule has 2 unspecified atom stereocenters. The van der Waals surface area contributed by atoms with E-state index in [1.54, 1.807) is 18.2 Å². The molecule has 1 amide bonds. The van der Waals surface area contributed by atoms with Crippen LogP contribution in [0.5, 0.6) is 0 Å². The Hall–Kier alpha value is -1.46. The van der Waals surface area contributed by atoms with Crippen LogP contribution in [0.2, 0.25) is 0 Å². The van der Waals surface area contributed by atoms with Gasteiger partial charge < -0.3 is 11.1 Å². The van der Waals surface area contributed by atoms with Gasteiger partial charge in [0.25, 0.3) is 0 Å². The van der Waals surface area contributed by atoms with Crippen molar-refractivity contribution in [1.29, 1.82) is 0 Å². The van der Waals surface area contributed by atoms with Crippen molar-refractivity contribution < 1.29 is 9.18 Å². The van der Waals surface area contributed by atoms with E-state index in [-0.39, 0.29) is 30.4 Å². The number of carbonyl (C=O) groups is 1. The Labute approximate surface area is 112 Å². The Balaban J connectivity index is 2.30. The molecule has 3 N–H and O–H groups in total. The van der Waals surface area contributed by atoms with Gasteiger partial charge in [-0.15, -0.1) is 0 Å². The number of amides is 1. The van der Waals surface area contributed by atoms with Crippen molar-refractivity contribution in [2.24, 2.45) is 5.73 Å². The second kappa shape index (κ2) is 6.12. The molecule has 0 radical (unpaired) electrons. The lowest BCUT2D eigenvalue weighted by atomic mass is 9.95. The maximum absolute atomic E-state index is 14.0. The van der Waals surface area contributed by atoms with Gasteiger partial charge in [-0.2, -0.15) is 0 Å². The van der Waals surface area contributed by atoms with E-state index >= 15 is 0 Å². The van der Waals surface area contributed by atoms with E-state index in [1.165, 1.54) is 6.07 Å². The summed E-state index contributed by atoms with van der Waals surface area (Å²) in [5, 5.41) is 2.77. The SMILES string of the molecule is CCC(N)C(c1ccccc1F)N1CCNC(=O)C1. The topological polar surface area (TPSA) is 58.4 Å². The van der Waals surface area contributed by atoms with E-state index in [0.29, 0.717) is 18.7 Å². The van der Waals surface area contributed by atoms with E-state index in [0.717, 1.165) is 6.42 Å². The molecule has 0 saturated carbocycles. The number of benzene rings is 1. The molecule has 1 aromatic carbocycles. The van der Waals surface area contributed by atoms with Crippen LogP contribution in [0, 0.1) is 5.82 Å². The van der Waals surface area contributed by atoms with Gasteiger partial charge in [0, 0.05) is 24.7 Å². The molecule has 1 heterocycles. The molecule has 0 spiro atoms. The van der Waals surface area contributed by atoms with E-state index in [9.17, 15) is 9.18 Å². The van der Waals surface area contributed by atoms with Gasteiger partial charge in [0.15, 0.2) is 0 Å². The fourth-order valence-electron chi connectivity index (χ4n) is 2.53. The summed E-state index contributed by atoms with van der Waals surface area (Å²) in [5.41, 5.74) is 6.73. The summed E-state index contributed by atoms with van der Waals surface area (Å²) in [4.78, 5) is 13.5. The van der Waals surface area contributed by atoms with Gasteiger partial charge in [0.2, 0.25) is 5.91 Å². The molecular weight excluding hydrogens is 245 g/mol. The predicted molar refractivity (Wildman–Crippen MR) is 72.0 cm³/mol. The number of carbonyl (C=O) groups excluding carboxylic acids is 1. The average Bonchev–Trinajstić information content (AvgIpc) is 2.41. The lowest BCUT2D eigenvalue weighted by molar-refractivity contribution is -0.125. The third kappa shape index (κ3) is 3.11. The van der Waals surface area contributed by atoms with Crippen LogP contribution in [0.3, 0.4) is 0 Å². The molecule has 0 aromatic heterocycles. The van der Waals surface area contributed by atoms with Gasteiger partial charge in [-0.3, -0.25) is 9.69 Å². The van der Waals surface area contributed by atoms with Gasteiger partial charge in [-0.05, 0) is 12.5 Å². The lowest BCUT2D eigenvalue weighted by Crippen LogP contribution is -2.52. The first kappa shape index (κ1) is 14.0. The molecule has 2 atom stereocenters. The Morgan fingerprint density at radius 1 is 1.47 bits per heavy atom. The molecule has 1 aliphatic heterocycles. The lowest BCUT2D eigenvalue weighted by Gasteiger charge is -2.37. The van der Waals surface area contributed by atoms with Crippen LogP contribution in [0.4, 0.5) is 4.39 Å². The van der Waals surface area contributed by atoms with Crippen molar-refractivity contribution in [1.82, 2.24) is 10.2 Å². The van der Waals surface area contributed by atoms with E-state index in [2.05, 4.69) is 5.32 Å². The molecule has 1 saturated heterocycles. The van der Waals surface area contributed by atoms with Crippen LogP contribution in [-0.4, -0.2) is 36.5 Å². The molecule has 5 heteroatoms. The Morgan fingerprint density at radius 2 is 2.21 bits per heavy atom. The number of rotatable bonds is 4. The fourth-order valence-corrected chi connectivity index (χ4v) is 2.53. The first-order valence-corrected chi connectivity index (χ1v) is 6.64. The summed E-state index contributed by atoms with van der Waals surface area (Å²) in [6.07, 6.45) is 0.733. The standard InChI is InChI=1S/C14H20FN3O/c1-2-12(16)14(10-5-3-4-6-11(10)15)18-8-7-17-13(19)9-18/h3-6,12,14H,2,7-9,16H2,1H3,(H,17,19). The molecule has 1 aromatic rings. The molecule has 0 aliphatic carbocycles. The summed E-state index contributed by atoms with van der Waals surface area (Å²) >= 11 is 0. The Bertz CT molecular complexity index is 452. The normalized spacial score (nSPS) is 19.8. The van der Waals surface area contributed by atoms with Gasteiger partial charge in [-0.1, -0.05) is 25.1 Å². The van der Waals surface area contributed by atoms with Gasteiger partial charge >= 0.3 is 0 Å². The van der Waals surface area contributed by atoms with Crippen molar-refractivity contribution in [2.75, 3.05) is 19.6 Å². The highest BCUT2D eigenvalue weighted by atomic mass is 19.1. The molecule has 2 rings (SSSR count). The van der Waals surface area contributed by atoms with Crippen LogP contribution >= 0.6 is 0 Å². The third-order valence-corrected chi connectivity index (χ3v) is 3.56. The largest absolute Gasteiger partial charge is 0.354 e. The van der Waals surface area contributed by atoms with E-state index in [4.69, 9.17) is 5.73 Å². The van der Waals surface area contributed by atoms with Gasteiger partial charge in [-0.25, -0.2) is 4.39 Å². The minimum absolute atomic E-state index is 0.0316. The third-order valence-electron chi connectivity index (χ3n) is 3.56. The van der Waals surface area contributed by atoms with Crippen LogP contribution in [0.1, 0.15) is 24.9 Å². The van der Waals surface area contributed by atoms with Crippen LogP contribution < -0.4 is 11.1 Å². The monoisotopic (exact) mass is 265 g/mol. The number of hydrogen-bond acceptors (Lipinski definition) is 3. The number of nitrogens with zero attached hydrogens (tertiary/aromatic N) is 1. The quantitative estimate of drug-likeness (QED) is 0.855. The fraction of sp³-hybridized carbons (Fsp3) is 0.500.